The van der Waals surface area contributed by atoms with Crippen molar-refractivity contribution < 1.29 is 31.0 Å². The van der Waals surface area contributed by atoms with Crippen molar-refractivity contribution in [3.05, 3.63) is 62.6 Å². The van der Waals surface area contributed by atoms with Crippen LogP contribution in [-0.2, 0) is 6.54 Å². The van der Waals surface area contributed by atoms with Gasteiger partial charge in [0.1, 0.15) is 0 Å². The van der Waals surface area contributed by atoms with E-state index >= 15 is 0 Å². The van der Waals surface area contributed by atoms with Crippen LogP contribution in [0.5, 0.6) is 0 Å². The van der Waals surface area contributed by atoms with E-state index in [2.05, 4.69) is 15.0 Å². The van der Waals surface area contributed by atoms with Gasteiger partial charge >= 0.3 is 35.2 Å². The first-order valence-corrected chi connectivity index (χ1v) is 5.86. The maximum atomic E-state index is 11.8. The summed E-state index contributed by atoms with van der Waals surface area (Å²) in [5.41, 5.74) is 1.94. The Morgan fingerprint density at radius 3 is 2.85 bits per heavy atom. The maximum Gasteiger partial charge on any atom is 1.00 e. The molecule has 0 aliphatic heterocycles. The number of fused-ring (bicyclic) bond motifs is 1. The second kappa shape index (κ2) is 5.78. The average molecular weight is 280 g/mol. The van der Waals surface area contributed by atoms with E-state index < -0.39 is 11.2 Å². The van der Waals surface area contributed by atoms with Crippen molar-refractivity contribution in [3.8, 4) is 0 Å². The Morgan fingerprint density at radius 2 is 2.10 bits per heavy atom. The molecule has 2 heterocycles. The van der Waals surface area contributed by atoms with Gasteiger partial charge in [-0.2, -0.15) is 0 Å². The summed E-state index contributed by atoms with van der Waals surface area (Å²) < 4.78 is 1.72. The van der Waals surface area contributed by atoms with Gasteiger partial charge in [0.15, 0.2) is 11.2 Å². The summed E-state index contributed by atoms with van der Waals surface area (Å²) in [5, 5.41) is 0. The molecule has 0 aliphatic rings. The van der Waals surface area contributed by atoms with Crippen molar-refractivity contribution >= 4 is 11.2 Å². The van der Waals surface area contributed by atoms with Gasteiger partial charge < -0.3 is 5.99 Å². The Kier molecular flexibility index (Phi) is 4.27. The van der Waals surface area contributed by atoms with Crippen LogP contribution in [0.15, 0.2) is 40.2 Å². The number of hydrogen-bond acceptors (Lipinski definition) is 3. The zero-order valence-electron chi connectivity index (χ0n) is 12.3. The van der Waals surface area contributed by atoms with Crippen molar-refractivity contribution in [2.24, 2.45) is 0 Å². The van der Waals surface area contributed by atoms with Crippen LogP contribution in [0.1, 0.15) is 12.6 Å². The molecule has 2 aromatic heterocycles. The molecule has 0 saturated heterocycles. The SMILES string of the molecule is Cc1cccc(Cn2cnc3[nH]c(=O)[nH]c(=O)c32)c1.[H-].[Na+]. The summed E-state index contributed by atoms with van der Waals surface area (Å²) in [6.45, 7) is 2.55. The number of benzene rings is 1. The molecule has 98 valence electrons. The summed E-state index contributed by atoms with van der Waals surface area (Å²) in [6.07, 6.45) is 1.55. The van der Waals surface area contributed by atoms with Crippen LogP contribution in [0, 0.1) is 6.92 Å². The van der Waals surface area contributed by atoms with Gasteiger partial charge in [0.2, 0.25) is 0 Å². The largest absolute Gasteiger partial charge is 1.00 e. The smallest absolute Gasteiger partial charge is 1.00 e. The molecule has 0 aliphatic carbocycles. The zero-order chi connectivity index (χ0) is 13.4. The van der Waals surface area contributed by atoms with Crippen molar-refractivity contribution in [2.45, 2.75) is 13.5 Å². The minimum absolute atomic E-state index is 0. The third kappa shape index (κ3) is 2.77. The number of nitrogens with one attached hydrogen (secondary N) is 2. The zero-order valence-corrected chi connectivity index (χ0v) is 13.3. The Hall–Kier alpha value is -1.63. The molecule has 0 amide bonds. The van der Waals surface area contributed by atoms with Crippen LogP contribution in [0.2, 0.25) is 0 Å². The first kappa shape index (κ1) is 14.8. The predicted molar refractivity (Wildman–Crippen MR) is 72.4 cm³/mol. The first-order valence-electron chi connectivity index (χ1n) is 5.86. The number of aromatic amines is 2. The third-order valence-electron chi connectivity index (χ3n) is 2.95. The van der Waals surface area contributed by atoms with Gasteiger partial charge in [-0.15, -0.1) is 0 Å². The van der Waals surface area contributed by atoms with Gasteiger partial charge in [-0.05, 0) is 12.5 Å². The molecule has 0 unspecified atom stereocenters. The second-order valence-corrected chi connectivity index (χ2v) is 4.47. The molecular weight excluding hydrogens is 267 g/mol. The van der Waals surface area contributed by atoms with Crippen molar-refractivity contribution in [3.63, 3.8) is 0 Å². The molecule has 20 heavy (non-hydrogen) atoms. The second-order valence-electron chi connectivity index (χ2n) is 4.47. The number of rotatable bonds is 2. The first-order chi connectivity index (χ1) is 9.13. The van der Waals surface area contributed by atoms with E-state index in [0.717, 1.165) is 11.1 Å². The third-order valence-corrected chi connectivity index (χ3v) is 2.95. The molecule has 0 fully saturated rings. The van der Waals surface area contributed by atoms with E-state index in [0.29, 0.717) is 17.7 Å². The molecule has 0 radical (unpaired) electrons. The Bertz CT molecular complexity index is 868. The number of aromatic nitrogens is 4. The molecule has 1 aromatic carbocycles. The molecule has 3 aromatic rings. The number of H-pyrrole nitrogens is 2. The normalized spacial score (nSPS) is 10.4. The fraction of sp³-hybridized carbons (Fsp3) is 0.154. The van der Waals surface area contributed by atoms with E-state index in [1.54, 1.807) is 10.9 Å². The molecular formula is C13H13N4NaO2. The van der Waals surface area contributed by atoms with E-state index in [9.17, 15) is 9.59 Å². The van der Waals surface area contributed by atoms with E-state index in [1.807, 2.05) is 31.2 Å². The van der Waals surface area contributed by atoms with Crippen molar-refractivity contribution in [1.29, 1.82) is 0 Å². The van der Waals surface area contributed by atoms with E-state index in [1.165, 1.54) is 0 Å². The number of hydrogen-bond donors (Lipinski definition) is 2. The summed E-state index contributed by atoms with van der Waals surface area (Å²) in [6, 6.07) is 8.01. The molecule has 6 nitrogen and oxygen atoms in total. The average Bonchev–Trinajstić information content (AvgIpc) is 2.72. The monoisotopic (exact) mass is 280 g/mol. The molecule has 0 bridgehead atoms. The molecule has 0 atom stereocenters. The van der Waals surface area contributed by atoms with Crippen LogP contribution in [0.3, 0.4) is 0 Å². The van der Waals surface area contributed by atoms with Crippen LogP contribution in [0.4, 0.5) is 0 Å². The Balaban J connectivity index is 0.00000110. The molecule has 7 heteroatoms. The topological polar surface area (TPSA) is 83.5 Å². The summed E-state index contributed by atoms with van der Waals surface area (Å²) in [7, 11) is 0. The number of imidazole rings is 1. The minimum atomic E-state index is -0.543. The van der Waals surface area contributed by atoms with Crippen LogP contribution < -0.4 is 40.8 Å². The molecule has 3 rings (SSSR count). The van der Waals surface area contributed by atoms with Gasteiger partial charge in [-0.25, -0.2) is 9.78 Å². The van der Waals surface area contributed by atoms with Gasteiger partial charge in [-0.1, -0.05) is 29.8 Å². The standard InChI is InChI=1S/C13H12N4O2.Na.H/c1-8-3-2-4-9(5-8)6-17-7-14-11-10(17)12(18)16-13(19)15-11;;/h2-5,7H,6H2,1H3,(H2,15,16,18,19);;/q;+1;-1. The van der Waals surface area contributed by atoms with Gasteiger partial charge in [0.05, 0.1) is 6.33 Å². The van der Waals surface area contributed by atoms with Gasteiger partial charge in [-0.3, -0.25) is 14.8 Å². The maximum absolute atomic E-state index is 11.8. The molecule has 2 N–H and O–H groups in total. The van der Waals surface area contributed by atoms with Crippen LogP contribution >= 0.6 is 0 Å². The Labute approximate surface area is 137 Å². The van der Waals surface area contributed by atoms with Crippen LogP contribution in [0.25, 0.3) is 11.2 Å². The summed E-state index contributed by atoms with van der Waals surface area (Å²) in [4.78, 5) is 31.7. The van der Waals surface area contributed by atoms with Crippen molar-refractivity contribution in [1.82, 2.24) is 19.5 Å². The quantitative estimate of drug-likeness (QED) is 0.527. The minimum Gasteiger partial charge on any atom is -1.00 e. The van der Waals surface area contributed by atoms with E-state index in [-0.39, 0.29) is 31.0 Å². The molecule has 0 saturated carbocycles. The number of aryl methyl sites for hydroxylation is 1. The van der Waals surface area contributed by atoms with E-state index in [4.69, 9.17) is 0 Å². The summed E-state index contributed by atoms with van der Waals surface area (Å²) >= 11 is 0. The summed E-state index contributed by atoms with van der Waals surface area (Å²) in [5.74, 6) is 0. The molecule has 0 spiro atoms. The van der Waals surface area contributed by atoms with Gasteiger partial charge in [0, 0.05) is 6.54 Å². The fourth-order valence-electron chi connectivity index (χ4n) is 2.14. The fourth-order valence-corrected chi connectivity index (χ4v) is 2.14. The Morgan fingerprint density at radius 1 is 1.30 bits per heavy atom. The van der Waals surface area contributed by atoms with Crippen molar-refractivity contribution in [2.75, 3.05) is 0 Å². The number of nitrogens with zero attached hydrogens (tertiary/aromatic N) is 2. The van der Waals surface area contributed by atoms with Gasteiger partial charge in [0.25, 0.3) is 5.56 Å². The predicted octanol–water partition coefficient (Wildman–Crippen LogP) is -2.11. The van der Waals surface area contributed by atoms with Crippen LogP contribution in [-0.4, -0.2) is 19.5 Å².